The second kappa shape index (κ2) is 5.89. The number of nitrogens with zero attached hydrogens (tertiary/aromatic N) is 1. The van der Waals surface area contributed by atoms with Crippen molar-refractivity contribution in [1.82, 2.24) is 10.2 Å². The van der Waals surface area contributed by atoms with Crippen LogP contribution in [0, 0.1) is 18.3 Å². The smallest absolute Gasteiger partial charge is 0.0599 e. The Morgan fingerprint density at radius 2 is 2.29 bits per heavy atom. The van der Waals surface area contributed by atoms with E-state index in [1.165, 1.54) is 51.6 Å². The van der Waals surface area contributed by atoms with Gasteiger partial charge in [0.05, 0.1) is 6.54 Å². The van der Waals surface area contributed by atoms with Crippen LogP contribution < -0.4 is 5.32 Å². The third-order valence-electron chi connectivity index (χ3n) is 4.12. The van der Waals surface area contributed by atoms with Crippen LogP contribution in [0.1, 0.15) is 45.4 Å². The van der Waals surface area contributed by atoms with Crippen molar-refractivity contribution in [1.29, 1.82) is 0 Å². The minimum atomic E-state index is 0.362. The molecule has 2 fully saturated rings. The Hall–Kier alpha value is -0.520. The molecule has 1 aliphatic carbocycles. The lowest BCUT2D eigenvalue weighted by atomic mass is 9.91. The van der Waals surface area contributed by atoms with Crippen molar-refractivity contribution in [3.05, 3.63) is 0 Å². The third-order valence-corrected chi connectivity index (χ3v) is 4.12. The lowest BCUT2D eigenvalue weighted by molar-refractivity contribution is 0.194. The molecule has 1 saturated carbocycles. The van der Waals surface area contributed by atoms with E-state index in [2.05, 4.69) is 23.1 Å². The van der Waals surface area contributed by atoms with E-state index in [-0.39, 0.29) is 0 Å². The molecule has 1 unspecified atom stereocenters. The molecular formula is C15H26N2. The molecule has 1 atom stereocenters. The fourth-order valence-electron chi connectivity index (χ4n) is 3.18. The summed E-state index contributed by atoms with van der Waals surface area (Å²) in [6, 6.07) is 0. The Bertz CT molecular complexity index is 269. The molecule has 0 aromatic heterocycles. The van der Waals surface area contributed by atoms with Gasteiger partial charge < -0.3 is 5.32 Å². The SMILES string of the molecule is C#CCN(CC1CC1)CC1(CCC)CCCN1. The first-order chi connectivity index (χ1) is 8.28. The van der Waals surface area contributed by atoms with Crippen molar-refractivity contribution in [3.8, 4) is 12.3 Å². The molecule has 1 heterocycles. The largest absolute Gasteiger partial charge is 0.310 e. The van der Waals surface area contributed by atoms with Crippen LogP contribution >= 0.6 is 0 Å². The molecule has 1 N–H and O–H groups in total. The molecule has 0 bridgehead atoms. The van der Waals surface area contributed by atoms with Crippen LogP contribution in [0.5, 0.6) is 0 Å². The predicted molar refractivity (Wildman–Crippen MR) is 72.9 cm³/mol. The maximum Gasteiger partial charge on any atom is 0.0599 e. The molecule has 0 amide bonds. The van der Waals surface area contributed by atoms with Crippen LogP contribution in [0.25, 0.3) is 0 Å². The van der Waals surface area contributed by atoms with E-state index in [1.807, 2.05) is 0 Å². The molecule has 2 heteroatoms. The van der Waals surface area contributed by atoms with Gasteiger partial charge in [0.15, 0.2) is 0 Å². The Morgan fingerprint density at radius 1 is 1.47 bits per heavy atom. The summed E-state index contributed by atoms with van der Waals surface area (Å²) in [7, 11) is 0. The Kier molecular flexibility index (Phi) is 4.48. The maximum absolute atomic E-state index is 5.50. The van der Waals surface area contributed by atoms with Crippen LogP contribution in [-0.2, 0) is 0 Å². The molecular weight excluding hydrogens is 208 g/mol. The number of terminal acetylenes is 1. The van der Waals surface area contributed by atoms with Gasteiger partial charge in [-0.2, -0.15) is 0 Å². The summed E-state index contributed by atoms with van der Waals surface area (Å²) in [6.07, 6.45) is 13.5. The van der Waals surface area contributed by atoms with E-state index >= 15 is 0 Å². The van der Waals surface area contributed by atoms with Gasteiger partial charge in [0.1, 0.15) is 0 Å². The van der Waals surface area contributed by atoms with Gasteiger partial charge in [0, 0.05) is 18.6 Å². The van der Waals surface area contributed by atoms with Gasteiger partial charge in [0.25, 0.3) is 0 Å². The molecule has 0 spiro atoms. The Morgan fingerprint density at radius 3 is 2.82 bits per heavy atom. The highest BCUT2D eigenvalue weighted by Gasteiger charge is 2.35. The minimum Gasteiger partial charge on any atom is -0.310 e. The third kappa shape index (κ3) is 3.72. The van der Waals surface area contributed by atoms with Crippen LogP contribution in [0.4, 0.5) is 0 Å². The van der Waals surface area contributed by atoms with Crippen molar-refractivity contribution in [2.45, 2.75) is 51.0 Å². The van der Waals surface area contributed by atoms with E-state index < -0.39 is 0 Å². The van der Waals surface area contributed by atoms with E-state index in [4.69, 9.17) is 6.42 Å². The second-order valence-electron chi connectivity index (χ2n) is 5.88. The first-order valence-corrected chi connectivity index (χ1v) is 7.19. The monoisotopic (exact) mass is 234 g/mol. The van der Waals surface area contributed by atoms with Crippen molar-refractivity contribution in [3.63, 3.8) is 0 Å². The summed E-state index contributed by atoms with van der Waals surface area (Å²) in [6.45, 7) is 6.67. The summed E-state index contributed by atoms with van der Waals surface area (Å²) < 4.78 is 0. The first-order valence-electron chi connectivity index (χ1n) is 7.19. The topological polar surface area (TPSA) is 15.3 Å². The lowest BCUT2D eigenvalue weighted by Crippen LogP contribution is -2.50. The molecule has 0 aromatic rings. The van der Waals surface area contributed by atoms with Crippen molar-refractivity contribution in [2.75, 3.05) is 26.2 Å². The summed E-state index contributed by atoms with van der Waals surface area (Å²) in [5, 5.41) is 3.74. The quantitative estimate of drug-likeness (QED) is 0.680. The molecule has 96 valence electrons. The Balaban J connectivity index is 1.90. The molecule has 2 rings (SSSR count). The second-order valence-corrected chi connectivity index (χ2v) is 5.88. The molecule has 1 saturated heterocycles. The highest BCUT2D eigenvalue weighted by atomic mass is 15.2. The van der Waals surface area contributed by atoms with E-state index in [0.717, 1.165) is 19.0 Å². The molecule has 1 aliphatic heterocycles. The van der Waals surface area contributed by atoms with Crippen molar-refractivity contribution in [2.24, 2.45) is 5.92 Å². The van der Waals surface area contributed by atoms with E-state index in [1.54, 1.807) is 0 Å². The average Bonchev–Trinajstić information content (AvgIpc) is 2.99. The number of nitrogens with one attached hydrogen (secondary N) is 1. The predicted octanol–water partition coefficient (Wildman–Crippen LogP) is 2.25. The highest BCUT2D eigenvalue weighted by molar-refractivity contribution is 4.98. The zero-order valence-electron chi connectivity index (χ0n) is 11.2. The number of hydrogen-bond acceptors (Lipinski definition) is 2. The van der Waals surface area contributed by atoms with Gasteiger partial charge in [-0.1, -0.05) is 19.3 Å². The van der Waals surface area contributed by atoms with Gasteiger partial charge in [-0.25, -0.2) is 0 Å². The van der Waals surface area contributed by atoms with Gasteiger partial charge in [-0.05, 0) is 44.6 Å². The van der Waals surface area contributed by atoms with E-state index in [9.17, 15) is 0 Å². The standard InChI is InChI=1S/C15H26N2/c1-3-8-15(9-5-10-16-15)13-17(11-4-2)12-14-6-7-14/h2,14,16H,3,5-13H2,1H3. The number of rotatable bonds is 7. The van der Waals surface area contributed by atoms with E-state index in [0.29, 0.717) is 5.54 Å². The van der Waals surface area contributed by atoms with Gasteiger partial charge >= 0.3 is 0 Å². The molecule has 2 nitrogen and oxygen atoms in total. The van der Waals surface area contributed by atoms with Crippen molar-refractivity contribution < 1.29 is 0 Å². The summed E-state index contributed by atoms with van der Waals surface area (Å²) in [5.74, 6) is 3.77. The Labute approximate surface area is 106 Å². The molecule has 2 aliphatic rings. The fraction of sp³-hybridized carbons (Fsp3) is 0.867. The minimum absolute atomic E-state index is 0.362. The van der Waals surface area contributed by atoms with Crippen LogP contribution in [0.3, 0.4) is 0 Å². The van der Waals surface area contributed by atoms with Crippen LogP contribution in [0.15, 0.2) is 0 Å². The molecule has 0 radical (unpaired) electrons. The normalized spacial score (nSPS) is 28.5. The summed E-state index contributed by atoms with van der Waals surface area (Å²) >= 11 is 0. The fourth-order valence-corrected chi connectivity index (χ4v) is 3.18. The molecule has 17 heavy (non-hydrogen) atoms. The maximum atomic E-state index is 5.50. The summed E-state index contributed by atoms with van der Waals surface area (Å²) in [4.78, 5) is 2.51. The average molecular weight is 234 g/mol. The lowest BCUT2D eigenvalue weighted by Gasteiger charge is -2.35. The number of hydrogen-bond donors (Lipinski definition) is 1. The van der Waals surface area contributed by atoms with Crippen LogP contribution in [0.2, 0.25) is 0 Å². The van der Waals surface area contributed by atoms with Gasteiger partial charge in [-0.15, -0.1) is 6.42 Å². The zero-order valence-corrected chi connectivity index (χ0v) is 11.2. The first kappa shape index (κ1) is 12.9. The van der Waals surface area contributed by atoms with Gasteiger partial charge in [-0.3, -0.25) is 4.90 Å². The van der Waals surface area contributed by atoms with Crippen molar-refractivity contribution >= 4 is 0 Å². The van der Waals surface area contributed by atoms with Crippen LogP contribution in [-0.4, -0.2) is 36.6 Å². The molecule has 0 aromatic carbocycles. The summed E-state index contributed by atoms with van der Waals surface area (Å²) in [5.41, 5.74) is 0.362. The zero-order chi connectivity index (χ0) is 12.1. The van der Waals surface area contributed by atoms with Gasteiger partial charge in [0.2, 0.25) is 0 Å². The highest BCUT2D eigenvalue weighted by Crippen LogP contribution is 2.31.